The highest BCUT2D eigenvalue weighted by molar-refractivity contribution is 6.07. The summed E-state index contributed by atoms with van der Waals surface area (Å²) in [5, 5.41) is 0. The minimum absolute atomic E-state index is 0.0255. The molecule has 29 heavy (non-hydrogen) atoms. The average molecular weight is 393 g/mol. The SMILES string of the molecule is CC12CCC(C(=Cc3ccccc3)C1=O)C2(C)C.CC12CCC(CC1=O)C2(C)C. The number of carbonyl (C=O) groups excluding carboxylic acids is 2. The van der Waals surface area contributed by atoms with Crippen LogP contribution in [0.3, 0.4) is 0 Å². The second-order valence-corrected chi connectivity index (χ2v) is 11.4. The lowest BCUT2D eigenvalue weighted by Crippen LogP contribution is -2.32. The number of Topliss-reactive ketones (excluding diaryl/α,β-unsaturated/α-hetero) is 2. The lowest BCUT2D eigenvalue weighted by Gasteiger charge is -2.32. The summed E-state index contributed by atoms with van der Waals surface area (Å²) >= 11 is 0. The summed E-state index contributed by atoms with van der Waals surface area (Å²) in [7, 11) is 0. The highest BCUT2D eigenvalue weighted by Crippen LogP contribution is 2.66. The third-order valence-corrected chi connectivity index (χ3v) is 9.97. The third kappa shape index (κ3) is 2.67. The van der Waals surface area contributed by atoms with Crippen LogP contribution in [0, 0.1) is 33.5 Å². The molecule has 1 aromatic carbocycles. The zero-order valence-electron chi connectivity index (χ0n) is 19.0. The van der Waals surface area contributed by atoms with Crippen LogP contribution in [0.25, 0.3) is 6.08 Å². The molecular weight excluding hydrogens is 356 g/mol. The van der Waals surface area contributed by atoms with E-state index >= 15 is 0 Å². The van der Waals surface area contributed by atoms with Gasteiger partial charge in [-0.3, -0.25) is 9.59 Å². The van der Waals surface area contributed by atoms with Gasteiger partial charge in [-0.25, -0.2) is 0 Å². The first-order valence-electron chi connectivity index (χ1n) is 11.3. The molecule has 4 atom stereocenters. The Bertz CT molecular complexity index is 875. The number of benzene rings is 1. The van der Waals surface area contributed by atoms with Crippen LogP contribution in [0.2, 0.25) is 0 Å². The molecule has 0 N–H and O–H groups in total. The normalized spacial score (nSPS) is 39.7. The minimum atomic E-state index is -0.141. The summed E-state index contributed by atoms with van der Waals surface area (Å²) in [6, 6.07) is 10.2. The van der Waals surface area contributed by atoms with Gasteiger partial charge in [-0.05, 0) is 65.6 Å². The molecule has 1 aromatic rings. The van der Waals surface area contributed by atoms with Gasteiger partial charge in [0.05, 0.1) is 0 Å². The van der Waals surface area contributed by atoms with Crippen molar-refractivity contribution in [2.75, 3.05) is 0 Å². The molecule has 4 unspecified atom stereocenters. The van der Waals surface area contributed by atoms with Gasteiger partial charge in [-0.1, -0.05) is 71.9 Å². The van der Waals surface area contributed by atoms with Gasteiger partial charge in [0.2, 0.25) is 0 Å². The molecule has 4 bridgehead atoms. The fraction of sp³-hybridized carbons (Fsp3) is 0.630. The summed E-state index contributed by atoms with van der Waals surface area (Å²) < 4.78 is 0. The standard InChI is InChI=1S/C17H20O.C10H16O/c1-16(2)14-9-10-17(16,3)15(18)13(14)11-12-7-5-4-6-8-12;1-9(2)7-4-5-10(9,3)8(11)6-7/h4-8,11,14H,9-10H2,1-3H3;7H,4-6H2,1-3H3. The quantitative estimate of drug-likeness (QED) is 0.511. The number of hydrogen-bond acceptors (Lipinski definition) is 2. The molecule has 0 radical (unpaired) electrons. The largest absolute Gasteiger partial charge is 0.299 e. The van der Waals surface area contributed by atoms with Crippen LogP contribution < -0.4 is 0 Å². The van der Waals surface area contributed by atoms with Crippen molar-refractivity contribution in [3.8, 4) is 0 Å². The van der Waals surface area contributed by atoms with Crippen molar-refractivity contribution < 1.29 is 9.59 Å². The van der Waals surface area contributed by atoms with Crippen molar-refractivity contribution in [3.05, 3.63) is 41.5 Å². The van der Waals surface area contributed by atoms with Gasteiger partial charge in [-0.2, -0.15) is 0 Å². The van der Waals surface area contributed by atoms with E-state index in [9.17, 15) is 9.59 Å². The van der Waals surface area contributed by atoms with Gasteiger partial charge in [-0.15, -0.1) is 0 Å². The molecule has 4 aliphatic rings. The van der Waals surface area contributed by atoms with Crippen molar-refractivity contribution in [2.24, 2.45) is 33.5 Å². The van der Waals surface area contributed by atoms with E-state index in [0.29, 0.717) is 23.4 Å². The summed E-state index contributed by atoms with van der Waals surface area (Å²) in [4.78, 5) is 24.2. The molecule has 4 fully saturated rings. The highest BCUT2D eigenvalue weighted by atomic mass is 16.1. The number of rotatable bonds is 1. The summed E-state index contributed by atoms with van der Waals surface area (Å²) in [6.07, 6.45) is 7.57. The van der Waals surface area contributed by atoms with Gasteiger partial charge in [0, 0.05) is 17.3 Å². The molecule has 0 aliphatic heterocycles. The van der Waals surface area contributed by atoms with Gasteiger partial charge in [0.15, 0.2) is 5.78 Å². The Morgan fingerprint density at radius 2 is 1.45 bits per heavy atom. The number of carbonyl (C=O) groups is 2. The molecule has 0 saturated heterocycles. The third-order valence-electron chi connectivity index (χ3n) is 9.97. The van der Waals surface area contributed by atoms with Crippen molar-refractivity contribution >= 4 is 17.6 Å². The van der Waals surface area contributed by atoms with Gasteiger partial charge in [0.1, 0.15) is 5.78 Å². The summed E-state index contributed by atoms with van der Waals surface area (Å²) in [6.45, 7) is 13.3. The molecule has 4 aliphatic carbocycles. The molecule has 2 heteroatoms. The molecule has 4 saturated carbocycles. The molecular formula is C27H36O2. The predicted octanol–water partition coefficient (Wildman–Crippen LogP) is 6.50. The van der Waals surface area contributed by atoms with E-state index < -0.39 is 0 Å². The fourth-order valence-corrected chi connectivity index (χ4v) is 6.72. The van der Waals surface area contributed by atoms with Crippen LogP contribution in [0.15, 0.2) is 35.9 Å². The molecule has 0 amide bonds. The Labute approximate surface area is 176 Å². The first-order chi connectivity index (χ1) is 13.4. The van der Waals surface area contributed by atoms with E-state index in [-0.39, 0.29) is 21.7 Å². The molecule has 0 spiro atoms. The lowest BCUT2D eigenvalue weighted by molar-refractivity contribution is -0.128. The van der Waals surface area contributed by atoms with Crippen LogP contribution in [0.5, 0.6) is 0 Å². The van der Waals surface area contributed by atoms with Crippen LogP contribution >= 0.6 is 0 Å². The Hall–Kier alpha value is -1.70. The first kappa shape index (κ1) is 20.6. The molecule has 5 rings (SSSR count). The second-order valence-electron chi connectivity index (χ2n) is 11.4. The van der Waals surface area contributed by atoms with E-state index in [2.05, 4.69) is 59.8 Å². The van der Waals surface area contributed by atoms with Gasteiger partial charge in [0.25, 0.3) is 0 Å². The average Bonchev–Trinajstić information content (AvgIpc) is 3.16. The topological polar surface area (TPSA) is 34.1 Å². The van der Waals surface area contributed by atoms with Crippen LogP contribution in [-0.2, 0) is 9.59 Å². The zero-order chi connectivity index (χ0) is 21.2. The number of ketones is 2. The summed E-state index contributed by atoms with van der Waals surface area (Å²) in [5.41, 5.74) is 2.48. The van der Waals surface area contributed by atoms with Crippen LogP contribution in [0.4, 0.5) is 0 Å². The van der Waals surface area contributed by atoms with E-state index in [1.165, 1.54) is 6.42 Å². The summed E-state index contributed by atoms with van der Waals surface area (Å²) in [5.74, 6) is 2.02. The predicted molar refractivity (Wildman–Crippen MR) is 118 cm³/mol. The van der Waals surface area contributed by atoms with Crippen LogP contribution in [-0.4, -0.2) is 11.6 Å². The molecule has 2 nitrogen and oxygen atoms in total. The second kappa shape index (κ2) is 6.40. The highest BCUT2D eigenvalue weighted by Gasteiger charge is 2.64. The minimum Gasteiger partial charge on any atom is -0.299 e. The van der Waals surface area contributed by atoms with Crippen molar-refractivity contribution in [1.29, 1.82) is 0 Å². The number of hydrogen-bond donors (Lipinski definition) is 0. The van der Waals surface area contributed by atoms with E-state index in [1.54, 1.807) is 0 Å². The Kier molecular flexibility index (Phi) is 4.54. The van der Waals surface area contributed by atoms with Crippen molar-refractivity contribution in [2.45, 2.75) is 73.6 Å². The maximum absolute atomic E-state index is 12.6. The number of allylic oxidation sites excluding steroid dienone is 1. The maximum Gasteiger partial charge on any atom is 0.165 e. The van der Waals surface area contributed by atoms with E-state index in [1.807, 2.05) is 18.2 Å². The van der Waals surface area contributed by atoms with Gasteiger partial charge >= 0.3 is 0 Å². The van der Waals surface area contributed by atoms with Crippen molar-refractivity contribution in [1.82, 2.24) is 0 Å². The van der Waals surface area contributed by atoms with E-state index in [0.717, 1.165) is 36.8 Å². The van der Waals surface area contributed by atoms with Crippen LogP contribution in [0.1, 0.15) is 79.2 Å². The number of fused-ring (bicyclic) bond motifs is 4. The Morgan fingerprint density at radius 1 is 0.828 bits per heavy atom. The fourth-order valence-electron chi connectivity index (χ4n) is 6.72. The van der Waals surface area contributed by atoms with Crippen molar-refractivity contribution in [3.63, 3.8) is 0 Å². The Morgan fingerprint density at radius 3 is 1.86 bits per heavy atom. The zero-order valence-corrected chi connectivity index (χ0v) is 19.0. The molecule has 0 aromatic heterocycles. The maximum atomic E-state index is 12.6. The first-order valence-corrected chi connectivity index (χ1v) is 11.3. The smallest absolute Gasteiger partial charge is 0.165 e. The molecule has 156 valence electrons. The lowest BCUT2D eigenvalue weighted by atomic mass is 9.70. The van der Waals surface area contributed by atoms with E-state index in [4.69, 9.17) is 0 Å². The molecule has 0 heterocycles. The van der Waals surface area contributed by atoms with Gasteiger partial charge < -0.3 is 0 Å². The Balaban J connectivity index is 0.000000159. The monoisotopic (exact) mass is 392 g/mol.